The van der Waals surface area contributed by atoms with Crippen molar-refractivity contribution in [1.82, 2.24) is 15.5 Å². The van der Waals surface area contributed by atoms with E-state index in [4.69, 9.17) is 0 Å². The molecule has 1 aliphatic carbocycles. The number of aromatic nitrogens is 2. The maximum Gasteiger partial charge on any atom is 0.231 e. The van der Waals surface area contributed by atoms with Crippen molar-refractivity contribution in [2.24, 2.45) is 5.92 Å². The minimum Gasteiger partial charge on any atom is -0.357 e. The molecule has 0 radical (unpaired) electrons. The Bertz CT molecular complexity index is 549. The highest BCUT2D eigenvalue weighted by Crippen LogP contribution is 2.30. The van der Waals surface area contributed by atoms with Crippen molar-refractivity contribution in [1.29, 1.82) is 5.26 Å². The molecule has 6 nitrogen and oxygen atoms in total. The SMILES string of the molecule is CC(C)[C@@](C)(C#N)NC(=O)CSc1nnc(NC2CC2)s1. The molecule has 1 heterocycles. The Kier molecular flexibility index (Phi) is 5.06. The largest absolute Gasteiger partial charge is 0.357 e. The Morgan fingerprint density at radius 3 is 2.86 bits per heavy atom. The van der Waals surface area contributed by atoms with Gasteiger partial charge in [0.25, 0.3) is 0 Å². The van der Waals surface area contributed by atoms with Gasteiger partial charge < -0.3 is 10.6 Å². The fourth-order valence-electron chi connectivity index (χ4n) is 1.48. The molecule has 2 rings (SSSR count). The minimum atomic E-state index is -0.836. The van der Waals surface area contributed by atoms with Crippen LogP contribution in [0.15, 0.2) is 4.34 Å². The first-order valence-corrected chi connectivity index (χ1v) is 8.68. The summed E-state index contributed by atoms with van der Waals surface area (Å²) < 4.78 is 0.761. The number of anilines is 1. The molecular weight excluding hydrogens is 306 g/mol. The second-order valence-electron chi connectivity index (χ2n) is 5.60. The van der Waals surface area contributed by atoms with Crippen LogP contribution in [0.2, 0.25) is 0 Å². The summed E-state index contributed by atoms with van der Waals surface area (Å²) in [5.74, 6) is 0.124. The van der Waals surface area contributed by atoms with Crippen LogP contribution in [-0.2, 0) is 4.79 Å². The first kappa shape index (κ1) is 16.0. The Balaban J connectivity index is 1.80. The van der Waals surface area contributed by atoms with E-state index in [1.54, 1.807) is 6.92 Å². The Labute approximate surface area is 132 Å². The third-order valence-corrected chi connectivity index (χ3v) is 5.41. The topological polar surface area (TPSA) is 90.7 Å². The molecule has 0 aliphatic heterocycles. The summed E-state index contributed by atoms with van der Waals surface area (Å²) in [5, 5.41) is 24.1. The van der Waals surface area contributed by atoms with Gasteiger partial charge in [0.1, 0.15) is 5.54 Å². The van der Waals surface area contributed by atoms with Gasteiger partial charge in [-0.15, -0.1) is 10.2 Å². The van der Waals surface area contributed by atoms with Crippen LogP contribution in [0, 0.1) is 17.2 Å². The third-order valence-electron chi connectivity index (χ3n) is 3.42. The van der Waals surface area contributed by atoms with Crippen LogP contribution >= 0.6 is 23.1 Å². The van der Waals surface area contributed by atoms with Crippen molar-refractivity contribution in [3.05, 3.63) is 0 Å². The molecule has 1 aromatic rings. The van der Waals surface area contributed by atoms with Crippen LogP contribution in [0.5, 0.6) is 0 Å². The van der Waals surface area contributed by atoms with E-state index < -0.39 is 5.54 Å². The van der Waals surface area contributed by atoms with Crippen molar-refractivity contribution in [2.45, 2.75) is 49.5 Å². The second-order valence-corrected chi connectivity index (χ2v) is 7.80. The number of amides is 1. The van der Waals surface area contributed by atoms with E-state index in [0.717, 1.165) is 9.47 Å². The fourth-order valence-corrected chi connectivity index (χ4v) is 3.11. The lowest BCUT2D eigenvalue weighted by Crippen LogP contribution is -2.49. The van der Waals surface area contributed by atoms with Crippen LogP contribution in [0.3, 0.4) is 0 Å². The van der Waals surface area contributed by atoms with E-state index in [-0.39, 0.29) is 17.6 Å². The zero-order chi connectivity index (χ0) is 15.5. The maximum absolute atomic E-state index is 11.9. The van der Waals surface area contributed by atoms with E-state index in [2.05, 4.69) is 26.9 Å². The highest BCUT2D eigenvalue weighted by Gasteiger charge is 2.30. The van der Waals surface area contributed by atoms with E-state index in [9.17, 15) is 10.1 Å². The molecule has 0 aromatic carbocycles. The summed E-state index contributed by atoms with van der Waals surface area (Å²) >= 11 is 2.80. The van der Waals surface area contributed by atoms with Gasteiger partial charge in [-0.2, -0.15) is 5.26 Å². The molecule has 1 atom stereocenters. The van der Waals surface area contributed by atoms with Gasteiger partial charge in [-0.1, -0.05) is 36.9 Å². The van der Waals surface area contributed by atoms with Gasteiger partial charge in [0.2, 0.25) is 11.0 Å². The van der Waals surface area contributed by atoms with Crippen LogP contribution in [-0.4, -0.2) is 33.4 Å². The fraction of sp³-hybridized carbons (Fsp3) is 0.692. The highest BCUT2D eigenvalue weighted by atomic mass is 32.2. The normalized spacial score (nSPS) is 17.1. The molecule has 0 unspecified atom stereocenters. The van der Waals surface area contributed by atoms with Crippen molar-refractivity contribution in [3.63, 3.8) is 0 Å². The molecule has 1 fully saturated rings. The highest BCUT2D eigenvalue weighted by molar-refractivity contribution is 8.01. The monoisotopic (exact) mass is 325 g/mol. The smallest absolute Gasteiger partial charge is 0.231 e. The number of rotatable bonds is 7. The quantitative estimate of drug-likeness (QED) is 0.747. The zero-order valence-corrected chi connectivity index (χ0v) is 14.0. The number of nitriles is 1. The van der Waals surface area contributed by atoms with Crippen molar-refractivity contribution in [3.8, 4) is 6.07 Å². The third kappa shape index (κ3) is 4.58. The zero-order valence-electron chi connectivity index (χ0n) is 12.3. The van der Waals surface area contributed by atoms with E-state index in [1.807, 2.05) is 13.8 Å². The average molecular weight is 325 g/mol. The summed E-state index contributed by atoms with van der Waals surface area (Å²) in [6.07, 6.45) is 2.37. The lowest BCUT2D eigenvalue weighted by Gasteiger charge is -2.27. The summed E-state index contributed by atoms with van der Waals surface area (Å²) in [7, 11) is 0. The Morgan fingerprint density at radius 1 is 1.57 bits per heavy atom. The van der Waals surface area contributed by atoms with Crippen molar-refractivity contribution < 1.29 is 4.79 Å². The predicted molar refractivity (Wildman–Crippen MR) is 84.3 cm³/mol. The number of carbonyl (C=O) groups excluding carboxylic acids is 1. The molecule has 0 spiro atoms. The van der Waals surface area contributed by atoms with Crippen molar-refractivity contribution >= 4 is 34.1 Å². The molecule has 1 aromatic heterocycles. The molecule has 0 saturated heterocycles. The number of nitrogens with one attached hydrogen (secondary N) is 2. The van der Waals surface area contributed by atoms with E-state index >= 15 is 0 Å². The first-order valence-electron chi connectivity index (χ1n) is 6.88. The maximum atomic E-state index is 11.9. The lowest BCUT2D eigenvalue weighted by molar-refractivity contribution is -0.120. The number of nitrogens with zero attached hydrogens (tertiary/aromatic N) is 3. The standard InChI is InChI=1S/C13H19N5OS2/c1-8(2)13(3,7-14)16-10(19)6-20-12-18-17-11(21-12)15-9-4-5-9/h8-9H,4-6H2,1-3H3,(H,15,17)(H,16,19)/t13-/m1/s1. The van der Waals surface area contributed by atoms with Crippen LogP contribution in [0.1, 0.15) is 33.6 Å². The number of carbonyl (C=O) groups is 1. The molecule has 1 aliphatic rings. The molecule has 114 valence electrons. The predicted octanol–water partition coefficient (Wildman–Crippen LogP) is 2.26. The van der Waals surface area contributed by atoms with Gasteiger partial charge in [-0.25, -0.2) is 0 Å². The Hall–Kier alpha value is -1.33. The van der Waals surface area contributed by atoms with Gasteiger partial charge in [-0.05, 0) is 25.7 Å². The van der Waals surface area contributed by atoms with Gasteiger partial charge in [0.15, 0.2) is 4.34 Å². The molecule has 21 heavy (non-hydrogen) atoms. The summed E-state index contributed by atoms with van der Waals surface area (Å²) in [4.78, 5) is 11.9. The van der Waals surface area contributed by atoms with Crippen molar-refractivity contribution in [2.75, 3.05) is 11.1 Å². The van der Waals surface area contributed by atoms with Crippen LogP contribution in [0.25, 0.3) is 0 Å². The molecule has 1 saturated carbocycles. The minimum absolute atomic E-state index is 0.0484. The summed E-state index contributed by atoms with van der Waals surface area (Å²) in [5.41, 5.74) is -0.836. The second kappa shape index (κ2) is 6.62. The lowest BCUT2D eigenvalue weighted by atomic mass is 9.90. The molecule has 8 heteroatoms. The van der Waals surface area contributed by atoms with Crippen LogP contribution in [0.4, 0.5) is 5.13 Å². The summed E-state index contributed by atoms with van der Waals surface area (Å²) in [6, 6.07) is 2.71. The molecule has 1 amide bonds. The van der Waals surface area contributed by atoms with Gasteiger partial charge in [0, 0.05) is 6.04 Å². The van der Waals surface area contributed by atoms with Gasteiger partial charge in [-0.3, -0.25) is 4.79 Å². The molecule has 0 bridgehead atoms. The molecular formula is C13H19N5OS2. The van der Waals surface area contributed by atoms with Crippen LogP contribution < -0.4 is 10.6 Å². The number of hydrogen-bond donors (Lipinski definition) is 2. The number of hydrogen-bond acceptors (Lipinski definition) is 7. The molecule has 2 N–H and O–H groups in total. The van der Waals surface area contributed by atoms with Gasteiger partial charge >= 0.3 is 0 Å². The summed E-state index contributed by atoms with van der Waals surface area (Å²) in [6.45, 7) is 5.57. The Morgan fingerprint density at radius 2 is 2.29 bits per heavy atom. The number of thioether (sulfide) groups is 1. The van der Waals surface area contributed by atoms with E-state index in [1.165, 1.54) is 35.9 Å². The first-order chi connectivity index (χ1) is 9.93. The average Bonchev–Trinajstić information content (AvgIpc) is 3.13. The van der Waals surface area contributed by atoms with Gasteiger partial charge in [0.05, 0.1) is 11.8 Å². The van der Waals surface area contributed by atoms with E-state index in [0.29, 0.717) is 6.04 Å².